The van der Waals surface area contributed by atoms with Crippen molar-refractivity contribution in [1.29, 1.82) is 0 Å². The van der Waals surface area contributed by atoms with Crippen LogP contribution in [0.25, 0.3) is 11.1 Å². The third-order valence-corrected chi connectivity index (χ3v) is 2.30. The number of fused-ring (bicyclic) bond motifs is 1. The minimum absolute atomic E-state index is 0.445. The van der Waals surface area contributed by atoms with Crippen molar-refractivity contribution < 1.29 is 9.21 Å². The Morgan fingerprint density at radius 3 is 3.00 bits per heavy atom. The standard InChI is InChI=1S/C10H12N4O2/c1-5-13-7-4-6(2-3-8(7)16-5)9(11)10(15)14-12/h2-4,9H,11-12H2,1H3,(H,14,15). The molecule has 0 aliphatic heterocycles. The number of hydrogen-bond acceptors (Lipinski definition) is 5. The molecule has 0 aliphatic rings. The Bertz CT molecular complexity index is 535. The fraction of sp³-hybridized carbons (Fsp3) is 0.200. The summed E-state index contributed by atoms with van der Waals surface area (Å²) in [6.45, 7) is 1.76. The molecule has 5 N–H and O–H groups in total. The molecular formula is C10H12N4O2. The van der Waals surface area contributed by atoms with Crippen LogP contribution in [0.2, 0.25) is 0 Å². The van der Waals surface area contributed by atoms with Crippen LogP contribution in [0.3, 0.4) is 0 Å². The predicted molar refractivity (Wildman–Crippen MR) is 58.0 cm³/mol. The van der Waals surface area contributed by atoms with Gasteiger partial charge >= 0.3 is 0 Å². The highest BCUT2D eigenvalue weighted by molar-refractivity contribution is 5.84. The summed E-state index contributed by atoms with van der Waals surface area (Å²) in [5.74, 6) is 5.14. The average molecular weight is 220 g/mol. The number of aryl methyl sites for hydroxylation is 1. The Balaban J connectivity index is 2.42. The van der Waals surface area contributed by atoms with Crippen molar-refractivity contribution in [3.05, 3.63) is 29.7 Å². The van der Waals surface area contributed by atoms with Gasteiger partial charge in [-0.25, -0.2) is 10.8 Å². The fourth-order valence-electron chi connectivity index (χ4n) is 1.49. The van der Waals surface area contributed by atoms with Crippen molar-refractivity contribution in [2.24, 2.45) is 11.6 Å². The lowest BCUT2D eigenvalue weighted by Gasteiger charge is -2.09. The van der Waals surface area contributed by atoms with E-state index in [1.165, 1.54) is 0 Å². The van der Waals surface area contributed by atoms with Crippen LogP contribution in [-0.2, 0) is 4.79 Å². The molecule has 0 spiro atoms. The number of amides is 1. The number of oxazole rings is 1. The molecule has 6 nitrogen and oxygen atoms in total. The minimum Gasteiger partial charge on any atom is -0.441 e. The lowest BCUT2D eigenvalue weighted by atomic mass is 10.1. The Kier molecular flexibility index (Phi) is 2.59. The maximum Gasteiger partial charge on any atom is 0.255 e. The number of aromatic nitrogens is 1. The number of nitrogens with two attached hydrogens (primary N) is 2. The van der Waals surface area contributed by atoms with E-state index in [1.54, 1.807) is 25.1 Å². The molecule has 2 rings (SSSR count). The minimum atomic E-state index is -0.800. The van der Waals surface area contributed by atoms with E-state index in [-0.39, 0.29) is 0 Å². The number of rotatable bonds is 2. The van der Waals surface area contributed by atoms with E-state index in [9.17, 15) is 4.79 Å². The second kappa shape index (κ2) is 3.92. The van der Waals surface area contributed by atoms with Crippen molar-refractivity contribution in [2.75, 3.05) is 0 Å². The third-order valence-electron chi connectivity index (χ3n) is 2.30. The summed E-state index contributed by atoms with van der Waals surface area (Å²) in [5.41, 5.74) is 9.69. The molecule has 0 fully saturated rings. The first kappa shape index (κ1) is 10.6. The van der Waals surface area contributed by atoms with Gasteiger partial charge in [-0.2, -0.15) is 0 Å². The maximum absolute atomic E-state index is 11.2. The topological polar surface area (TPSA) is 107 Å². The summed E-state index contributed by atoms with van der Waals surface area (Å²) in [4.78, 5) is 15.4. The van der Waals surface area contributed by atoms with E-state index in [4.69, 9.17) is 16.0 Å². The van der Waals surface area contributed by atoms with E-state index < -0.39 is 11.9 Å². The molecule has 1 unspecified atom stereocenters. The molecule has 1 amide bonds. The predicted octanol–water partition coefficient (Wildman–Crippen LogP) is 0.126. The molecule has 0 bridgehead atoms. The largest absolute Gasteiger partial charge is 0.441 e. The zero-order valence-corrected chi connectivity index (χ0v) is 8.73. The van der Waals surface area contributed by atoms with Crippen molar-refractivity contribution in [2.45, 2.75) is 13.0 Å². The Morgan fingerprint density at radius 2 is 2.31 bits per heavy atom. The normalized spacial score (nSPS) is 12.7. The number of hydrogen-bond donors (Lipinski definition) is 3. The van der Waals surface area contributed by atoms with E-state index in [0.29, 0.717) is 22.6 Å². The fourth-order valence-corrected chi connectivity index (χ4v) is 1.49. The number of hydrazine groups is 1. The summed E-state index contributed by atoms with van der Waals surface area (Å²) in [6, 6.07) is 4.36. The van der Waals surface area contributed by atoms with Gasteiger partial charge in [0.05, 0.1) is 0 Å². The quantitative estimate of drug-likeness (QED) is 0.378. The second-order valence-corrected chi connectivity index (χ2v) is 3.45. The number of benzene rings is 1. The zero-order valence-electron chi connectivity index (χ0n) is 8.73. The molecule has 0 radical (unpaired) electrons. The number of carbonyl (C=O) groups excluding carboxylic acids is 1. The van der Waals surface area contributed by atoms with Crippen molar-refractivity contribution >= 4 is 17.0 Å². The molecule has 1 heterocycles. The molecule has 1 atom stereocenters. The van der Waals surface area contributed by atoms with Crippen LogP contribution >= 0.6 is 0 Å². The van der Waals surface area contributed by atoms with Gasteiger partial charge in [-0.05, 0) is 17.7 Å². The van der Waals surface area contributed by atoms with Crippen LogP contribution in [0.4, 0.5) is 0 Å². The lowest BCUT2D eigenvalue weighted by Crippen LogP contribution is -2.38. The molecule has 0 saturated carbocycles. The third kappa shape index (κ3) is 1.75. The average Bonchev–Trinajstić information content (AvgIpc) is 2.65. The van der Waals surface area contributed by atoms with Crippen LogP contribution in [0.1, 0.15) is 17.5 Å². The van der Waals surface area contributed by atoms with Crippen LogP contribution in [0, 0.1) is 6.92 Å². The molecular weight excluding hydrogens is 208 g/mol. The van der Waals surface area contributed by atoms with Gasteiger partial charge in [-0.3, -0.25) is 10.2 Å². The summed E-state index contributed by atoms with van der Waals surface area (Å²) in [6.07, 6.45) is 0. The van der Waals surface area contributed by atoms with Crippen molar-refractivity contribution in [3.63, 3.8) is 0 Å². The van der Waals surface area contributed by atoms with Gasteiger partial charge in [0.15, 0.2) is 11.5 Å². The van der Waals surface area contributed by atoms with Gasteiger partial charge in [0.25, 0.3) is 5.91 Å². The Morgan fingerprint density at radius 1 is 1.56 bits per heavy atom. The Hall–Kier alpha value is -1.92. The highest BCUT2D eigenvalue weighted by Crippen LogP contribution is 2.19. The van der Waals surface area contributed by atoms with Crippen LogP contribution in [0.5, 0.6) is 0 Å². The first-order chi connectivity index (χ1) is 7.61. The van der Waals surface area contributed by atoms with Gasteiger partial charge in [0, 0.05) is 6.92 Å². The first-order valence-corrected chi connectivity index (χ1v) is 4.75. The van der Waals surface area contributed by atoms with Crippen molar-refractivity contribution in [1.82, 2.24) is 10.4 Å². The number of nitrogens with zero attached hydrogens (tertiary/aromatic N) is 1. The Labute approximate surface area is 91.6 Å². The summed E-state index contributed by atoms with van der Waals surface area (Å²) < 4.78 is 5.31. The molecule has 6 heteroatoms. The monoisotopic (exact) mass is 220 g/mol. The van der Waals surface area contributed by atoms with E-state index >= 15 is 0 Å². The highest BCUT2D eigenvalue weighted by atomic mass is 16.3. The summed E-state index contributed by atoms with van der Waals surface area (Å²) in [7, 11) is 0. The number of carbonyl (C=O) groups is 1. The maximum atomic E-state index is 11.2. The van der Waals surface area contributed by atoms with Gasteiger partial charge in [-0.1, -0.05) is 6.07 Å². The lowest BCUT2D eigenvalue weighted by molar-refractivity contribution is -0.122. The van der Waals surface area contributed by atoms with Gasteiger partial charge in [-0.15, -0.1) is 0 Å². The molecule has 2 aromatic rings. The summed E-state index contributed by atoms with van der Waals surface area (Å²) >= 11 is 0. The van der Waals surface area contributed by atoms with E-state index in [2.05, 4.69) is 4.98 Å². The van der Waals surface area contributed by atoms with Gasteiger partial charge in [0.2, 0.25) is 0 Å². The van der Waals surface area contributed by atoms with Crippen LogP contribution in [0.15, 0.2) is 22.6 Å². The zero-order chi connectivity index (χ0) is 11.7. The van der Waals surface area contributed by atoms with Gasteiger partial charge < -0.3 is 10.2 Å². The SMILES string of the molecule is Cc1nc2cc(C(N)C(=O)NN)ccc2o1. The number of nitrogens with one attached hydrogen (secondary N) is 1. The van der Waals surface area contributed by atoms with E-state index in [1.807, 2.05) is 5.43 Å². The molecule has 0 saturated heterocycles. The van der Waals surface area contributed by atoms with Crippen LogP contribution < -0.4 is 17.0 Å². The first-order valence-electron chi connectivity index (χ1n) is 4.75. The van der Waals surface area contributed by atoms with Gasteiger partial charge in [0.1, 0.15) is 11.6 Å². The highest BCUT2D eigenvalue weighted by Gasteiger charge is 2.15. The molecule has 16 heavy (non-hydrogen) atoms. The van der Waals surface area contributed by atoms with Crippen LogP contribution in [-0.4, -0.2) is 10.9 Å². The molecule has 1 aromatic heterocycles. The van der Waals surface area contributed by atoms with Crippen molar-refractivity contribution in [3.8, 4) is 0 Å². The molecule has 0 aliphatic carbocycles. The summed E-state index contributed by atoms with van der Waals surface area (Å²) in [5, 5.41) is 0. The second-order valence-electron chi connectivity index (χ2n) is 3.45. The van der Waals surface area contributed by atoms with E-state index in [0.717, 1.165) is 0 Å². The molecule has 1 aromatic carbocycles. The smallest absolute Gasteiger partial charge is 0.255 e. The molecule has 84 valence electrons.